The van der Waals surface area contributed by atoms with Crippen molar-refractivity contribution in [2.24, 2.45) is 0 Å². The van der Waals surface area contributed by atoms with E-state index in [0.717, 1.165) is 96.3 Å². The number of nitrogens with one attached hydrogen (secondary N) is 1. The van der Waals surface area contributed by atoms with Gasteiger partial charge in [0.2, 0.25) is 5.91 Å². The second-order valence-corrected chi connectivity index (χ2v) is 32.4. The molecule has 0 aromatic rings. The van der Waals surface area contributed by atoms with Gasteiger partial charge in [-0.15, -0.1) is 0 Å². The van der Waals surface area contributed by atoms with Gasteiger partial charge >= 0.3 is 0 Å². The first-order chi connectivity index (χ1) is 54.8. The van der Waals surface area contributed by atoms with Crippen molar-refractivity contribution in [3.05, 3.63) is 85.1 Å². The Morgan fingerprint density at radius 2 is 0.616 bits per heavy atom. The van der Waals surface area contributed by atoms with Crippen LogP contribution >= 0.6 is 0 Å². The number of aliphatic hydroxyl groups is 11. The van der Waals surface area contributed by atoms with Crippen molar-refractivity contribution in [1.29, 1.82) is 0 Å². The van der Waals surface area contributed by atoms with E-state index in [1.807, 2.05) is 0 Å². The summed E-state index contributed by atoms with van der Waals surface area (Å²) in [6, 6.07) is -0.895. The molecule has 17 atom stereocenters. The molecule has 3 saturated heterocycles. The molecule has 112 heavy (non-hydrogen) atoms. The Bertz CT molecular complexity index is 2350. The number of unbranched alkanes of at least 4 members (excludes halogenated alkanes) is 44. The summed E-state index contributed by atoms with van der Waals surface area (Å²) in [7, 11) is 0. The summed E-state index contributed by atoms with van der Waals surface area (Å²) in [6.45, 7) is 1.74. The Kier molecular flexibility index (Phi) is 66.3. The Balaban J connectivity index is 1.32. The van der Waals surface area contributed by atoms with E-state index in [9.17, 15) is 61.0 Å². The highest BCUT2D eigenvalue weighted by molar-refractivity contribution is 5.76. The maximum atomic E-state index is 13.6. The molecule has 0 radical (unpaired) electrons. The van der Waals surface area contributed by atoms with Crippen molar-refractivity contribution in [3.8, 4) is 0 Å². The average Bonchev–Trinajstić information content (AvgIpc) is 0.782. The molecule has 0 aromatic carbocycles. The molecule has 3 fully saturated rings. The third-order valence-corrected chi connectivity index (χ3v) is 22.5. The third-order valence-electron chi connectivity index (χ3n) is 22.5. The molecule has 19 nitrogen and oxygen atoms in total. The lowest BCUT2D eigenvalue weighted by Gasteiger charge is -2.48. The van der Waals surface area contributed by atoms with E-state index in [-0.39, 0.29) is 18.9 Å². The second-order valence-electron chi connectivity index (χ2n) is 32.4. The summed E-state index contributed by atoms with van der Waals surface area (Å²) in [5.74, 6) is -0.242. The summed E-state index contributed by atoms with van der Waals surface area (Å²) in [6.07, 6.45) is 71.1. The summed E-state index contributed by atoms with van der Waals surface area (Å²) in [5.41, 5.74) is 0. The monoisotopic (exact) mass is 1590 g/mol. The van der Waals surface area contributed by atoms with Crippen molar-refractivity contribution < 1.29 is 89.4 Å². The quantitative estimate of drug-likeness (QED) is 0.0199. The fourth-order valence-corrected chi connectivity index (χ4v) is 15.2. The second kappa shape index (κ2) is 72.0. The number of aliphatic hydroxyl groups excluding tert-OH is 11. The van der Waals surface area contributed by atoms with Crippen LogP contribution in [-0.2, 0) is 33.2 Å². The summed E-state index contributed by atoms with van der Waals surface area (Å²) in [4.78, 5) is 13.6. The van der Waals surface area contributed by atoms with Gasteiger partial charge in [-0.25, -0.2) is 0 Å². The number of carbonyl (C=O) groups is 1. The highest BCUT2D eigenvalue weighted by atomic mass is 16.8. The maximum Gasteiger partial charge on any atom is 0.220 e. The molecule has 0 bridgehead atoms. The van der Waals surface area contributed by atoms with Gasteiger partial charge in [-0.3, -0.25) is 4.79 Å². The van der Waals surface area contributed by atoms with Crippen LogP contribution in [-0.4, -0.2) is 193 Å². The predicted molar refractivity (Wildman–Crippen MR) is 452 cm³/mol. The minimum atomic E-state index is -1.98. The lowest BCUT2D eigenvalue weighted by Crippen LogP contribution is -2.66. The van der Waals surface area contributed by atoms with Gasteiger partial charge in [-0.2, -0.15) is 0 Å². The van der Waals surface area contributed by atoms with Crippen LogP contribution in [0.4, 0.5) is 0 Å². The Hall–Kier alpha value is -3.03. The van der Waals surface area contributed by atoms with Crippen LogP contribution in [0.1, 0.15) is 367 Å². The average molecular weight is 1590 g/mol. The number of allylic oxidation sites excluding steroid dienone is 14. The van der Waals surface area contributed by atoms with E-state index in [4.69, 9.17) is 28.4 Å². The molecule has 3 aliphatic heterocycles. The van der Waals surface area contributed by atoms with Crippen molar-refractivity contribution in [3.63, 3.8) is 0 Å². The molecule has 0 saturated carbocycles. The zero-order chi connectivity index (χ0) is 81.0. The van der Waals surface area contributed by atoms with E-state index in [1.165, 1.54) is 238 Å². The molecule has 0 spiro atoms. The van der Waals surface area contributed by atoms with Crippen LogP contribution in [0.25, 0.3) is 0 Å². The number of amides is 1. The van der Waals surface area contributed by atoms with Gasteiger partial charge in [0.1, 0.15) is 73.2 Å². The van der Waals surface area contributed by atoms with Crippen molar-refractivity contribution in [1.82, 2.24) is 5.32 Å². The molecule has 17 unspecified atom stereocenters. The molecule has 652 valence electrons. The molecule has 0 aromatic heterocycles. The van der Waals surface area contributed by atoms with Crippen LogP contribution in [0.5, 0.6) is 0 Å². The smallest absolute Gasteiger partial charge is 0.220 e. The van der Waals surface area contributed by atoms with E-state index in [2.05, 4.69) is 104 Å². The standard InChI is InChI=1S/C93H167NO18/c1-3-5-7-9-11-13-15-17-19-21-23-25-27-29-31-33-35-37-38-39-41-43-45-47-49-51-53-55-57-59-61-63-65-67-69-71-81(99)94-76(77(98)70-68-66-64-62-60-58-56-54-52-50-48-46-44-42-40-36-34-32-30-28-26-24-22-20-18-16-14-12-10-8-6-4-2)75-107-91-87(105)84(102)89(79(73-96)109-91)112-93-88(106)85(103)90(80(74-97)110-93)111-92-86(104)83(101)82(100)78(72-95)108-92/h5,7,11,13,17,19,23,25,29,31,35,37,39,41,76-80,82-93,95-98,100-106H,3-4,6,8-10,12,14-16,18,20-22,24,26-28,30,32-34,36,38,40,42-75H2,1-2H3,(H,94,99)/b7-5-,13-11-,19-17-,25-23-,31-29-,37-35-,41-39-. The molecular weight excluding hydrogens is 1420 g/mol. The third kappa shape index (κ3) is 50.0. The van der Waals surface area contributed by atoms with Crippen LogP contribution in [0, 0.1) is 0 Å². The lowest BCUT2D eigenvalue weighted by atomic mass is 9.96. The molecule has 1 amide bonds. The highest BCUT2D eigenvalue weighted by Gasteiger charge is 2.54. The first kappa shape index (κ1) is 103. The van der Waals surface area contributed by atoms with Gasteiger partial charge in [0.05, 0.1) is 38.6 Å². The van der Waals surface area contributed by atoms with Crippen molar-refractivity contribution in [2.45, 2.75) is 471 Å². The van der Waals surface area contributed by atoms with E-state index in [0.29, 0.717) is 12.8 Å². The SMILES string of the molecule is CC/C=C\C/C=C\C/C=C\C/C=C\C/C=C\C/C=C\C/C=C\CCCCCCCCCCCCCCCC(=O)NC(COC1OC(CO)C(OC2OC(CO)C(OC3OC(CO)C(O)C(O)C3O)C(O)C2O)C(O)C1O)C(O)CCCCCCCCCCCCCCCCCCCCCCCCCCCCCCCCCC. The molecule has 12 N–H and O–H groups in total. The number of carbonyl (C=O) groups excluding carboxylic acids is 1. The molecule has 19 heteroatoms. The summed E-state index contributed by atoms with van der Waals surface area (Å²) >= 11 is 0. The largest absolute Gasteiger partial charge is 0.394 e. The number of ether oxygens (including phenoxy) is 6. The summed E-state index contributed by atoms with van der Waals surface area (Å²) in [5, 5.41) is 121. The Labute approximate surface area is 680 Å². The Morgan fingerprint density at radius 1 is 0.330 bits per heavy atom. The highest BCUT2D eigenvalue weighted by Crippen LogP contribution is 2.34. The molecule has 3 aliphatic rings. The molecule has 0 aliphatic carbocycles. The topological polar surface area (TPSA) is 307 Å². The predicted octanol–water partition coefficient (Wildman–Crippen LogP) is 17.7. The van der Waals surface area contributed by atoms with Crippen molar-refractivity contribution in [2.75, 3.05) is 26.4 Å². The van der Waals surface area contributed by atoms with E-state index in [1.54, 1.807) is 0 Å². The molecule has 3 heterocycles. The fourth-order valence-electron chi connectivity index (χ4n) is 15.2. The zero-order valence-electron chi connectivity index (χ0n) is 70.4. The zero-order valence-corrected chi connectivity index (χ0v) is 70.4. The van der Waals surface area contributed by atoms with E-state index >= 15 is 0 Å². The lowest BCUT2D eigenvalue weighted by molar-refractivity contribution is -0.379. The van der Waals surface area contributed by atoms with E-state index < -0.39 is 124 Å². The maximum absolute atomic E-state index is 13.6. The van der Waals surface area contributed by atoms with Gasteiger partial charge in [-0.1, -0.05) is 375 Å². The van der Waals surface area contributed by atoms with Crippen LogP contribution in [0.2, 0.25) is 0 Å². The van der Waals surface area contributed by atoms with Gasteiger partial charge < -0.3 is 89.9 Å². The van der Waals surface area contributed by atoms with Crippen LogP contribution < -0.4 is 5.32 Å². The molecule has 3 rings (SSSR count). The normalized spacial score (nSPS) is 25.3. The van der Waals surface area contributed by atoms with Crippen LogP contribution in [0.3, 0.4) is 0 Å². The van der Waals surface area contributed by atoms with Gasteiger partial charge in [-0.05, 0) is 70.6 Å². The first-order valence-electron chi connectivity index (χ1n) is 45.8. The van der Waals surface area contributed by atoms with Crippen LogP contribution in [0.15, 0.2) is 85.1 Å². The minimum Gasteiger partial charge on any atom is -0.394 e. The van der Waals surface area contributed by atoms with Gasteiger partial charge in [0, 0.05) is 6.42 Å². The number of rotatable bonds is 74. The fraction of sp³-hybridized carbons (Fsp3) is 0.839. The Morgan fingerprint density at radius 3 is 0.964 bits per heavy atom. The van der Waals surface area contributed by atoms with Gasteiger partial charge in [0.25, 0.3) is 0 Å². The van der Waals surface area contributed by atoms with Gasteiger partial charge in [0.15, 0.2) is 18.9 Å². The minimum absolute atomic E-state index is 0.242. The number of hydrogen-bond acceptors (Lipinski definition) is 18. The summed E-state index contributed by atoms with van der Waals surface area (Å²) < 4.78 is 34.6. The first-order valence-corrected chi connectivity index (χ1v) is 45.8. The number of hydrogen-bond donors (Lipinski definition) is 12. The van der Waals surface area contributed by atoms with Crippen molar-refractivity contribution >= 4 is 5.91 Å². The molecular formula is C93H167NO18.